The van der Waals surface area contributed by atoms with Crippen molar-refractivity contribution in [2.45, 2.75) is 63.3 Å². The highest BCUT2D eigenvalue weighted by Gasteiger charge is 2.63. The van der Waals surface area contributed by atoms with Crippen LogP contribution in [0.4, 0.5) is 54.8 Å². The van der Waals surface area contributed by atoms with E-state index in [4.69, 9.17) is 9.47 Å². The van der Waals surface area contributed by atoms with Gasteiger partial charge >= 0.3 is 30.7 Å². The second-order valence-electron chi connectivity index (χ2n) is 9.21. The number of anilines is 1. The average molecular weight is 600 g/mol. The maximum absolute atomic E-state index is 14.8. The Morgan fingerprint density at radius 1 is 0.951 bits per heavy atom. The SMILES string of the molecule is CCOC(=O)N1c2ccccc2[C@@H](N(Cc2cc(C(F)(F)F)cc(C(F)(F)F)c2)C(=O)OC)C[C@]1(CC)C(F)(F)F. The van der Waals surface area contributed by atoms with Crippen LogP contribution >= 0.6 is 0 Å². The number of rotatable bonds is 5. The molecule has 2 amide bonds. The van der Waals surface area contributed by atoms with Crippen LogP contribution in [0.25, 0.3) is 0 Å². The van der Waals surface area contributed by atoms with E-state index in [1.54, 1.807) is 0 Å². The summed E-state index contributed by atoms with van der Waals surface area (Å²) in [5.41, 5.74) is -7.27. The van der Waals surface area contributed by atoms with Crippen LogP contribution in [0.1, 0.15) is 55.0 Å². The Labute approximate surface area is 228 Å². The number of amides is 2. The predicted octanol–water partition coefficient (Wildman–Crippen LogP) is 8.11. The van der Waals surface area contributed by atoms with Crippen molar-refractivity contribution in [2.24, 2.45) is 0 Å². The zero-order valence-corrected chi connectivity index (χ0v) is 21.9. The lowest BCUT2D eigenvalue weighted by Crippen LogP contribution is -2.65. The number of hydrogen-bond donors (Lipinski definition) is 0. The van der Waals surface area contributed by atoms with Crippen LogP contribution in [-0.4, -0.2) is 42.5 Å². The number of hydrogen-bond acceptors (Lipinski definition) is 4. The van der Waals surface area contributed by atoms with Crippen LogP contribution in [0.2, 0.25) is 0 Å². The van der Waals surface area contributed by atoms with E-state index in [1.165, 1.54) is 31.2 Å². The zero-order valence-electron chi connectivity index (χ0n) is 21.9. The molecule has 41 heavy (non-hydrogen) atoms. The Kier molecular flexibility index (Phi) is 8.80. The summed E-state index contributed by atoms with van der Waals surface area (Å²) in [6, 6.07) is 4.25. The number of fused-ring (bicyclic) bond motifs is 1. The monoisotopic (exact) mass is 600 g/mol. The summed E-state index contributed by atoms with van der Waals surface area (Å²) in [6.45, 7) is 1.30. The molecule has 2 aromatic carbocycles. The molecule has 0 saturated carbocycles. The van der Waals surface area contributed by atoms with E-state index in [1.807, 2.05) is 0 Å². The molecule has 2 atom stereocenters. The smallest absolute Gasteiger partial charge is 0.416 e. The summed E-state index contributed by atoms with van der Waals surface area (Å²) >= 11 is 0. The molecule has 0 bridgehead atoms. The quantitative estimate of drug-likeness (QED) is 0.326. The second-order valence-corrected chi connectivity index (χ2v) is 9.21. The molecule has 2 aromatic rings. The predicted molar refractivity (Wildman–Crippen MR) is 127 cm³/mol. The number of carbonyl (C=O) groups excluding carboxylic acids is 2. The average Bonchev–Trinajstić information content (AvgIpc) is 2.88. The maximum Gasteiger partial charge on any atom is 0.416 e. The van der Waals surface area contributed by atoms with Crippen molar-refractivity contribution in [3.8, 4) is 0 Å². The van der Waals surface area contributed by atoms with Crippen LogP contribution in [0, 0.1) is 0 Å². The molecule has 1 heterocycles. The lowest BCUT2D eigenvalue weighted by atomic mass is 9.78. The number of benzene rings is 2. The third-order valence-corrected chi connectivity index (χ3v) is 6.84. The van der Waals surface area contributed by atoms with Gasteiger partial charge in [0.1, 0.15) is 5.54 Å². The second kappa shape index (κ2) is 11.3. The van der Waals surface area contributed by atoms with E-state index in [0.29, 0.717) is 21.9 Å². The standard InChI is InChI=1S/C26H25F9N2O4/c1-4-23(26(33,34)35)13-20(18-8-6-7-9-19(18)37(23)22(39)41-5-2)36(21(38)40-3)14-15-10-16(24(27,28)29)12-17(11-15)25(30,31)32/h6-12,20H,4-5,13-14H2,1-3H3/t20-,23+/m0/s1. The fourth-order valence-corrected chi connectivity index (χ4v) is 4.94. The molecule has 3 rings (SSSR count). The first-order chi connectivity index (χ1) is 18.9. The summed E-state index contributed by atoms with van der Waals surface area (Å²) in [4.78, 5) is 26.9. The minimum Gasteiger partial charge on any atom is -0.453 e. The molecule has 0 radical (unpaired) electrons. The summed E-state index contributed by atoms with van der Waals surface area (Å²) in [5.74, 6) is 0. The maximum atomic E-state index is 14.8. The van der Waals surface area contributed by atoms with E-state index in [0.717, 1.165) is 14.0 Å². The van der Waals surface area contributed by atoms with Crippen LogP contribution < -0.4 is 4.90 Å². The largest absolute Gasteiger partial charge is 0.453 e. The number of carbonyl (C=O) groups is 2. The molecule has 0 N–H and O–H groups in total. The first-order valence-electron chi connectivity index (χ1n) is 12.2. The van der Waals surface area contributed by atoms with Gasteiger partial charge in [0, 0.05) is 13.0 Å². The molecule has 226 valence electrons. The van der Waals surface area contributed by atoms with Crippen molar-refractivity contribution in [1.82, 2.24) is 4.90 Å². The van der Waals surface area contributed by atoms with Crippen LogP contribution in [0.5, 0.6) is 0 Å². The Morgan fingerprint density at radius 3 is 1.98 bits per heavy atom. The highest BCUT2D eigenvalue weighted by molar-refractivity contribution is 5.92. The van der Waals surface area contributed by atoms with E-state index in [-0.39, 0.29) is 23.9 Å². The molecule has 0 unspecified atom stereocenters. The minimum absolute atomic E-state index is 0.0256. The first kappa shape index (κ1) is 31.9. The molecule has 0 saturated heterocycles. The fraction of sp³-hybridized carbons (Fsp3) is 0.462. The summed E-state index contributed by atoms with van der Waals surface area (Å²) in [6.07, 6.45) is -19.9. The lowest BCUT2D eigenvalue weighted by Gasteiger charge is -2.51. The molecule has 0 aliphatic carbocycles. The van der Waals surface area contributed by atoms with E-state index in [9.17, 15) is 49.1 Å². The third kappa shape index (κ3) is 6.17. The molecular weight excluding hydrogens is 575 g/mol. The Bertz CT molecular complexity index is 1240. The van der Waals surface area contributed by atoms with Crippen LogP contribution in [-0.2, 0) is 28.4 Å². The Morgan fingerprint density at radius 2 is 1.51 bits per heavy atom. The van der Waals surface area contributed by atoms with Crippen molar-refractivity contribution < 1.29 is 58.6 Å². The number of alkyl halides is 9. The molecule has 6 nitrogen and oxygen atoms in total. The van der Waals surface area contributed by atoms with Crippen molar-refractivity contribution in [3.63, 3.8) is 0 Å². The number of methoxy groups -OCH3 is 1. The molecule has 0 aromatic heterocycles. The molecule has 15 heteroatoms. The van der Waals surface area contributed by atoms with E-state index < -0.39 is 78.4 Å². The van der Waals surface area contributed by atoms with Gasteiger partial charge in [-0.1, -0.05) is 25.1 Å². The number of nitrogens with zero attached hydrogens (tertiary/aromatic N) is 2. The minimum atomic E-state index is -5.20. The van der Waals surface area contributed by atoms with Gasteiger partial charge in [-0.2, -0.15) is 39.5 Å². The lowest BCUT2D eigenvalue weighted by molar-refractivity contribution is -0.194. The Balaban J connectivity index is 2.26. The van der Waals surface area contributed by atoms with Crippen molar-refractivity contribution in [2.75, 3.05) is 18.6 Å². The number of halogens is 9. The van der Waals surface area contributed by atoms with Crippen LogP contribution in [0.15, 0.2) is 42.5 Å². The van der Waals surface area contributed by atoms with Gasteiger partial charge in [0.05, 0.1) is 36.6 Å². The normalized spacial score (nSPS) is 19.4. The van der Waals surface area contributed by atoms with Gasteiger partial charge in [-0.25, -0.2) is 9.59 Å². The van der Waals surface area contributed by atoms with Gasteiger partial charge < -0.3 is 9.47 Å². The molecule has 1 aliphatic rings. The third-order valence-electron chi connectivity index (χ3n) is 6.84. The summed E-state index contributed by atoms with van der Waals surface area (Å²) in [7, 11) is 0.860. The molecule has 0 spiro atoms. The Hall–Kier alpha value is -3.65. The van der Waals surface area contributed by atoms with Gasteiger partial charge in [-0.05, 0) is 48.7 Å². The fourth-order valence-electron chi connectivity index (χ4n) is 4.94. The number of ether oxygens (including phenoxy) is 2. The summed E-state index contributed by atoms with van der Waals surface area (Å²) in [5, 5.41) is 0. The molecular formula is C26H25F9N2O4. The molecule has 0 fully saturated rings. The number of para-hydroxylation sites is 1. The van der Waals surface area contributed by atoms with E-state index in [2.05, 4.69) is 0 Å². The van der Waals surface area contributed by atoms with Gasteiger partial charge in [-0.3, -0.25) is 9.80 Å². The van der Waals surface area contributed by atoms with Crippen molar-refractivity contribution in [3.05, 3.63) is 64.7 Å². The highest BCUT2D eigenvalue weighted by Crippen LogP contribution is 2.53. The van der Waals surface area contributed by atoms with E-state index >= 15 is 0 Å². The zero-order chi connectivity index (χ0) is 31.0. The van der Waals surface area contributed by atoms with Gasteiger partial charge in [0.25, 0.3) is 0 Å². The van der Waals surface area contributed by atoms with Crippen LogP contribution in [0.3, 0.4) is 0 Å². The molecule has 1 aliphatic heterocycles. The van der Waals surface area contributed by atoms with Crippen molar-refractivity contribution >= 4 is 17.9 Å². The van der Waals surface area contributed by atoms with Gasteiger partial charge in [-0.15, -0.1) is 0 Å². The van der Waals surface area contributed by atoms with Crippen molar-refractivity contribution in [1.29, 1.82) is 0 Å². The van der Waals surface area contributed by atoms with Gasteiger partial charge in [0.15, 0.2) is 0 Å². The summed E-state index contributed by atoms with van der Waals surface area (Å²) < 4.78 is 135. The highest BCUT2D eigenvalue weighted by atomic mass is 19.4. The van der Waals surface area contributed by atoms with Gasteiger partial charge in [0.2, 0.25) is 0 Å². The topological polar surface area (TPSA) is 59.1 Å². The first-order valence-corrected chi connectivity index (χ1v) is 12.2.